The Labute approximate surface area is 74.6 Å². The van der Waals surface area contributed by atoms with Crippen molar-refractivity contribution < 1.29 is 4.39 Å². The van der Waals surface area contributed by atoms with Crippen LogP contribution in [0, 0.1) is 12.9 Å². The van der Waals surface area contributed by atoms with Gasteiger partial charge in [0.1, 0.15) is 0 Å². The fraction of sp³-hybridized carbons (Fsp3) is 0.111. The number of pyridine rings is 1. The maximum atomic E-state index is 13.0. The van der Waals surface area contributed by atoms with E-state index in [1.165, 1.54) is 6.20 Å². The van der Waals surface area contributed by atoms with E-state index in [2.05, 4.69) is 15.2 Å². The maximum absolute atomic E-state index is 13.0. The molecule has 2 rings (SSSR count). The molecule has 2 aromatic rings. The van der Waals surface area contributed by atoms with Gasteiger partial charge >= 0.3 is 0 Å². The molecule has 0 aliphatic rings. The van der Waals surface area contributed by atoms with Crippen molar-refractivity contribution in [2.45, 2.75) is 6.92 Å². The highest BCUT2D eigenvalue weighted by Gasteiger charge is 2.06. The number of halogens is 1. The number of aromatic amines is 1. The van der Waals surface area contributed by atoms with Gasteiger partial charge in [-0.2, -0.15) is 9.49 Å². The predicted molar refractivity (Wildman–Crippen MR) is 46.5 cm³/mol. The molecule has 0 saturated heterocycles. The van der Waals surface area contributed by atoms with Crippen LogP contribution in [0.5, 0.6) is 0 Å². The zero-order chi connectivity index (χ0) is 9.26. The number of nitrogens with zero attached hydrogens (tertiary/aromatic N) is 2. The van der Waals surface area contributed by atoms with E-state index in [1.54, 1.807) is 12.4 Å². The second kappa shape index (κ2) is 2.97. The Balaban J connectivity index is 2.53. The summed E-state index contributed by atoms with van der Waals surface area (Å²) in [6.45, 7) is 1.91. The predicted octanol–water partition coefficient (Wildman–Crippen LogP) is 1.92. The average Bonchev–Trinajstić information content (AvgIpc) is 2.51. The molecule has 4 heteroatoms. The molecule has 66 valence electrons. The first-order valence-electron chi connectivity index (χ1n) is 3.88. The van der Waals surface area contributed by atoms with Crippen molar-refractivity contribution in [2.24, 2.45) is 0 Å². The molecule has 2 heterocycles. The van der Waals surface area contributed by atoms with Gasteiger partial charge in [-0.1, -0.05) is 0 Å². The van der Waals surface area contributed by atoms with Crippen LogP contribution in [0.25, 0.3) is 11.1 Å². The zero-order valence-electron chi connectivity index (χ0n) is 7.08. The molecule has 2 aromatic heterocycles. The van der Waals surface area contributed by atoms with Crippen molar-refractivity contribution in [1.82, 2.24) is 15.2 Å². The minimum atomic E-state index is -0.424. The standard InChI is InChI=1S/C9H8FN3/c1-6-2-7(4-11-3-6)8-5-12-13-9(8)10/h2-5H,1H3,(H,12,13). The Bertz CT molecular complexity index is 422. The highest BCUT2D eigenvalue weighted by Crippen LogP contribution is 2.20. The molecule has 0 amide bonds. The van der Waals surface area contributed by atoms with Gasteiger partial charge in [-0.15, -0.1) is 0 Å². The largest absolute Gasteiger partial charge is 0.264 e. The molecule has 0 bridgehead atoms. The lowest BCUT2D eigenvalue weighted by Crippen LogP contribution is -1.83. The number of nitrogens with one attached hydrogen (secondary N) is 1. The summed E-state index contributed by atoms with van der Waals surface area (Å²) in [6.07, 6.45) is 4.79. The van der Waals surface area contributed by atoms with Crippen LogP contribution < -0.4 is 0 Å². The Hall–Kier alpha value is -1.71. The van der Waals surface area contributed by atoms with Crippen molar-refractivity contribution in [3.8, 4) is 11.1 Å². The van der Waals surface area contributed by atoms with Gasteiger partial charge in [0.05, 0.1) is 11.8 Å². The first-order chi connectivity index (χ1) is 6.27. The molecule has 0 radical (unpaired) electrons. The average molecular weight is 177 g/mol. The van der Waals surface area contributed by atoms with Crippen molar-refractivity contribution in [3.63, 3.8) is 0 Å². The van der Waals surface area contributed by atoms with E-state index < -0.39 is 5.95 Å². The number of H-pyrrole nitrogens is 1. The molecule has 0 aromatic carbocycles. The Morgan fingerprint density at radius 3 is 2.77 bits per heavy atom. The molecule has 0 aliphatic carbocycles. The fourth-order valence-electron chi connectivity index (χ4n) is 1.17. The number of hydrogen-bond acceptors (Lipinski definition) is 2. The van der Waals surface area contributed by atoms with Gasteiger partial charge in [-0.05, 0) is 18.6 Å². The minimum Gasteiger partial charge on any atom is -0.264 e. The van der Waals surface area contributed by atoms with Crippen LogP contribution in [0.15, 0.2) is 24.7 Å². The lowest BCUT2D eigenvalue weighted by Gasteiger charge is -1.97. The molecule has 0 atom stereocenters. The zero-order valence-corrected chi connectivity index (χ0v) is 7.08. The van der Waals surface area contributed by atoms with E-state index in [1.807, 2.05) is 13.0 Å². The molecule has 1 N–H and O–H groups in total. The van der Waals surface area contributed by atoms with E-state index in [-0.39, 0.29) is 0 Å². The maximum Gasteiger partial charge on any atom is 0.216 e. The molecule has 3 nitrogen and oxygen atoms in total. The summed E-state index contributed by atoms with van der Waals surface area (Å²) in [5.41, 5.74) is 2.19. The smallest absolute Gasteiger partial charge is 0.216 e. The van der Waals surface area contributed by atoms with E-state index in [9.17, 15) is 4.39 Å². The van der Waals surface area contributed by atoms with Gasteiger partial charge in [0.15, 0.2) is 0 Å². The summed E-state index contributed by atoms with van der Waals surface area (Å²) in [5, 5.41) is 5.84. The van der Waals surface area contributed by atoms with Crippen molar-refractivity contribution in [2.75, 3.05) is 0 Å². The summed E-state index contributed by atoms with van der Waals surface area (Å²) in [5.74, 6) is -0.424. The third-order valence-electron chi connectivity index (χ3n) is 1.78. The Morgan fingerprint density at radius 2 is 2.15 bits per heavy atom. The SMILES string of the molecule is Cc1cncc(-c2cn[nH]c2F)c1. The quantitative estimate of drug-likeness (QED) is 0.723. The lowest BCUT2D eigenvalue weighted by atomic mass is 10.1. The topological polar surface area (TPSA) is 41.6 Å². The first kappa shape index (κ1) is 7.91. The van der Waals surface area contributed by atoms with Crippen LogP contribution in [0.4, 0.5) is 4.39 Å². The third-order valence-corrected chi connectivity index (χ3v) is 1.78. The van der Waals surface area contributed by atoms with E-state index >= 15 is 0 Å². The number of aromatic nitrogens is 3. The molecular weight excluding hydrogens is 169 g/mol. The van der Waals surface area contributed by atoms with E-state index in [0.29, 0.717) is 5.56 Å². The summed E-state index contributed by atoms with van der Waals surface area (Å²) in [6, 6.07) is 1.86. The molecular formula is C9H8FN3. The van der Waals surface area contributed by atoms with Crippen LogP contribution in [0.1, 0.15) is 5.56 Å². The molecule has 0 aliphatic heterocycles. The van der Waals surface area contributed by atoms with Crippen LogP contribution in [0.2, 0.25) is 0 Å². The molecule has 0 unspecified atom stereocenters. The highest BCUT2D eigenvalue weighted by atomic mass is 19.1. The van der Waals surface area contributed by atoms with Gasteiger partial charge in [0, 0.05) is 18.0 Å². The fourth-order valence-corrected chi connectivity index (χ4v) is 1.17. The second-order valence-corrected chi connectivity index (χ2v) is 2.85. The highest BCUT2D eigenvalue weighted by molar-refractivity contribution is 5.61. The van der Waals surface area contributed by atoms with Gasteiger partial charge in [0.25, 0.3) is 0 Å². The lowest BCUT2D eigenvalue weighted by molar-refractivity contribution is 0.582. The third kappa shape index (κ3) is 1.42. The molecule has 0 spiro atoms. The number of aryl methyl sites for hydroxylation is 1. The van der Waals surface area contributed by atoms with Crippen LogP contribution in [-0.4, -0.2) is 15.2 Å². The summed E-state index contributed by atoms with van der Waals surface area (Å²) >= 11 is 0. The van der Waals surface area contributed by atoms with Crippen molar-refractivity contribution >= 4 is 0 Å². The number of hydrogen-bond donors (Lipinski definition) is 1. The molecule has 13 heavy (non-hydrogen) atoms. The van der Waals surface area contributed by atoms with Crippen molar-refractivity contribution in [3.05, 3.63) is 36.2 Å². The Kier molecular flexibility index (Phi) is 1.81. The van der Waals surface area contributed by atoms with Crippen LogP contribution >= 0.6 is 0 Å². The summed E-state index contributed by atoms with van der Waals surface area (Å²) in [4.78, 5) is 3.97. The van der Waals surface area contributed by atoms with Gasteiger partial charge in [-0.3, -0.25) is 10.1 Å². The van der Waals surface area contributed by atoms with Gasteiger partial charge in [-0.25, -0.2) is 0 Å². The molecule has 0 fully saturated rings. The van der Waals surface area contributed by atoms with E-state index in [4.69, 9.17) is 0 Å². The van der Waals surface area contributed by atoms with Crippen LogP contribution in [-0.2, 0) is 0 Å². The van der Waals surface area contributed by atoms with E-state index in [0.717, 1.165) is 11.1 Å². The minimum absolute atomic E-state index is 0.424. The first-order valence-corrected chi connectivity index (χ1v) is 3.88. The monoisotopic (exact) mass is 177 g/mol. The normalized spacial score (nSPS) is 10.3. The van der Waals surface area contributed by atoms with Crippen molar-refractivity contribution in [1.29, 1.82) is 0 Å². The second-order valence-electron chi connectivity index (χ2n) is 2.85. The van der Waals surface area contributed by atoms with Crippen LogP contribution in [0.3, 0.4) is 0 Å². The summed E-state index contributed by atoms with van der Waals surface area (Å²) < 4.78 is 13.0. The summed E-state index contributed by atoms with van der Waals surface area (Å²) in [7, 11) is 0. The van der Waals surface area contributed by atoms with Gasteiger partial charge in [0.2, 0.25) is 5.95 Å². The van der Waals surface area contributed by atoms with Gasteiger partial charge < -0.3 is 0 Å². The number of rotatable bonds is 1. The Morgan fingerprint density at radius 1 is 1.31 bits per heavy atom. The molecule has 0 saturated carbocycles.